The average molecular weight is 654 g/mol. The van der Waals surface area contributed by atoms with Gasteiger partial charge in [0.15, 0.2) is 12.0 Å². The Morgan fingerprint density at radius 3 is 2.49 bits per heavy atom. The van der Waals surface area contributed by atoms with Gasteiger partial charge in [0.05, 0.1) is 20.3 Å². The molecule has 0 bridgehead atoms. The van der Waals surface area contributed by atoms with Gasteiger partial charge in [-0.3, -0.25) is 18.7 Å². The van der Waals surface area contributed by atoms with Crippen molar-refractivity contribution < 1.29 is 46.9 Å². The van der Waals surface area contributed by atoms with Crippen LogP contribution in [0.25, 0.3) is 0 Å². The van der Waals surface area contributed by atoms with Crippen LogP contribution >= 0.6 is 7.75 Å². The van der Waals surface area contributed by atoms with Gasteiger partial charge in [-0.2, -0.15) is 10.1 Å². The fourth-order valence-corrected chi connectivity index (χ4v) is 6.75. The predicted octanol–water partition coefficient (Wildman–Crippen LogP) is 1.42. The number of nitrogens with one attached hydrogen (secondary N) is 1. The van der Waals surface area contributed by atoms with E-state index in [0.717, 1.165) is 0 Å². The summed E-state index contributed by atoms with van der Waals surface area (Å²) >= 11 is 0. The zero-order valence-electron chi connectivity index (χ0n) is 26.0. The first-order chi connectivity index (χ1) is 21.1. The second-order valence-corrected chi connectivity index (χ2v) is 13.0. The van der Waals surface area contributed by atoms with Gasteiger partial charge in [-0.1, -0.05) is 12.1 Å². The van der Waals surface area contributed by atoms with Crippen molar-refractivity contribution in [2.45, 2.75) is 82.9 Å². The van der Waals surface area contributed by atoms with Crippen LogP contribution in [0.4, 0.5) is 5.82 Å². The highest BCUT2D eigenvalue weighted by Gasteiger charge is 2.64. The van der Waals surface area contributed by atoms with Crippen LogP contribution in [0.2, 0.25) is 0 Å². The Morgan fingerprint density at radius 2 is 1.87 bits per heavy atom. The van der Waals surface area contributed by atoms with E-state index in [0.29, 0.717) is 5.56 Å². The molecule has 1 unspecified atom stereocenters. The van der Waals surface area contributed by atoms with Gasteiger partial charge in [0.2, 0.25) is 0 Å². The van der Waals surface area contributed by atoms with E-state index in [1.807, 2.05) is 0 Å². The van der Waals surface area contributed by atoms with Crippen molar-refractivity contribution in [1.29, 1.82) is 0 Å². The van der Waals surface area contributed by atoms with Crippen LogP contribution in [0.1, 0.15) is 46.4 Å². The van der Waals surface area contributed by atoms with Gasteiger partial charge in [-0.05, 0) is 64.8 Å². The normalized spacial score (nSPS) is 26.3. The lowest BCUT2D eigenvalue weighted by Gasteiger charge is -2.30. The van der Waals surface area contributed by atoms with E-state index in [1.165, 1.54) is 43.0 Å². The monoisotopic (exact) mass is 653 g/mol. The van der Waals surface area contributed by atoms with Crippen molar-refractivity contribution in [3.05, 3.63) is 52.6 Å². The summed E-state index contributed by atoms with van der Waals surface area (Å²) in [6, 6.07) is 5.81. The van der Waals surface area contributed by atoms with E-state index in [4.69, 9.17) is 39.5 Å². The highest BCUT2D eigenvalue weighted by molar-refractivity contribution is 7.52. The Bertz CT molecular complexity index is 1490. The van der Waals surface area contributed by atoms with E-state index in [1.54, 1.807) is 39.8 Å². The van der Waals surface area contributed by atoms with Crippen molar-refractivity contribution in [2.24, 2.45) is 5.73 Å². The number of methoxy groups -OCH3 is 1. The van der Waals surface area contributed by atoms with E-state index < -0.39 is 67.3 Å². The molecule has 7 atom stereocenters. The van der Waals surface area contributed by atoms with Crippen LogP contribution in [0, 0.1) is 0 Å². The second kappa shape index (κ2) is 13.5. The number of carbonyl (C=O) groups is 2. The Morgan fingerprint density at radius 1 is 1.18 bits per heavy atom. The highest BCUT2D eigenvalue weighted by atomic mass is 31.2. The summed E-state index contributed by atoms with van der Waals surface area (Å²) in [7, 11) is -3.06. The van der Waals surface area contributed by atoms with E-state index >= 15 is 0 Å². The van der Waals surface area contributed by atoms with Crippen LogP contribution in [0.5, 0.6) is 5.75 Å². The number of esters is 2. The van der Waals surface area contributed by atoms with Gasteiger partial charge in [0, 0.05) is 6.20 Å². The smallest absolute Gasteiger partial charge is 0.459 e. The SMILES string of the molecule is CCOC(=O)[C@H](C)NP(=O)(OC[C@H]1O[C@@H](n2ccc(N)nc2=O)[C@]2(C)OC(C)(C)O[C@H]12)Oc1ccc(C[C@H](N)C(=O)OC)cc1. The van der Waals surface area contributed by atoms with Gasteiger partial charge in [-0.15, -0.1) is 0 Å². The summed E-state index contributed by atoms with van der Waals surface area (Å²) in [5.74, 6) is -2.12. The molecule has 0 saturated carbocycles. The number of ether oxygens (including phenoxy) is 5. The number of hydrogen-bond donors (Lipinski definition) is 3. The van der Waals surface area contributed by atoms with Crippen LogP contribution < -0.4 is 26.8 Å². The van der Waals surface area contributed by atoms with Crippen LogP contribution in [-0.2, 0) is 48.8 Å². The number of carbonyl (C=O) groups excluding carboxylic acids is 2. The molecule has 0 aliphatic carbocycles. The summed E-state index contributed by atoms with van der Waals surface area (Å²) in [5.41, 5.74) is 10.4. The Balaban J connectivity index is 1.57. The highest BCUT2D eigenvalue weighted by Crippen LogP contribution is 2.52. The Labute approximate surface area is 260 Å². The first-order valence-electron chi connectivity index (χ1n) is 14.3. The fourth-order valence-electron chi connectivity index (χ4n) is 5.25. The summed E-state index contributed by atoms with van der Waals surface area (Å²) in [5, 5.41) is 2.61. The van der Waals surface area contributed by atoms with Crippen molar-refractivity contribution in [3.63, 3.8) is 0 Å². The minimum atomic E-state index is -4.31. The number of anilines is 1. The lowest BCUT2D eigenvalue weighted by atomic mass is 9.96. The van der Waals surface area contributed by atoms with Gasteiger partial charge in [0.1, 0.15) is 41.5 Å². The van der Waals surface area contributed by atoms with Crippen molar-refractivity contribution in [3.8, 4) is 5.75 Å². The van der Waals surface area contributed by atoms with Gasteiger partial charge in [0.25, 0.3) is 0 Å². The lowest BCUT2D eigenvalue weighted by Crippen LogP contribution is -2.45. The molecule has 1 aromatic carbocycles. The molecule has 1 aromatic heterocycles. The number of fused-ring (bicyclic) bond motifs is 1. The van der Waals surface area contributed by atoms with Crippen LogP contribution in [-0.4, -0.2) is 77.5 Å². The first kappa shape index (κ1) is 34.5. The zero-order valence-corrected chi connectivity index (χ0v) is 26.9. The molecule has 2 aliphatic heterocycles. The molecule has 4 rings (SSSR count). The quantitative estimate of drug-likeness (QED) is 0.206. The third-order valence-electron chi connectivity index (χ3n) is 7.19. The molecule has 2 saturated heterocycles. The molecular weight excluding hydrogens is 613 g/mol. The van der Waals surface area contributed by atoms with Crippen molar-refractivity contribution in [2.75, 3.05) is 26.1 Å². The van der Waals surface area contributed by atoms with Crippen molar-refractivity contribution >= 4 is 25.5 Å². The summed E-state index contributed by atoms with van der Waals surface area (Å²) in [4.78, 5) is 40.6. The molecule has 0 spiro atoms. The number of rotatable bonds is 13. The topological polar surface area (TPSA) is 215 Å². The van der Waals surface area contributed by atoms with Crippen LogP contribution in [0.3, 0.4) is 0 Å². The predicted molar refractivity (Wildman–Crippen MR) is 159 cm³/mol. The van der Waals surface area contributed by atoms with E-state index in [-0.39, 0.29) is 31.2 Å². The largest absolute Gasteiger partial charge is 0.468 e. The summed E-state index contributed by atoms with van der Waals surface area (Å²) in [6.07, 6.45) is -1.06. The van der Waals surface area contributed by atoms with Crippen LogP contribution in [0.15, 0.2) is 41.3 Å². The molecule has 248 valence electrons. The number of nitrogens with two attached hydrogens (primary N) is 2. The molecule has 2 fully saturated rings. The molecule has 5 N–H and O–H groups in total. The molecule has 0 radical (unpaired) electrons. The Hall–Kier alpha value is -3.37. The molecule has 0 amide bonds. The molecular formula is C28H40N5O11P. The Kier molecular flexibility index (Phi) is 10.4. The number of nitrogen functional groups attached to an aromatic ring is 1. The summed E-state index contributed by atoms with van der Waals surface area (Å²) < 4.78 is 55.3. The molecule has 2 aliphatic rings. The van der Waals surface area contributed by atoms with E-state index in [9.17, 15) is 18.9 Å². The number of aromatic nitrogens is 2. The third-order valence-corrected chi connectivity index (χ3v) is 8.83. The summed E-state index contributed by atoms with van der Waals surface area (Å²) in [6.45, 7) is 8.00. The second-order valence-electron chi connectivity index (χ2n) is 11.3. The molecule has 45 heavy (non-hydrogen) atoms. The van der Waals surface area contributed by atoms with Gasteiger partial charge >= 0.3 is 25.4 Å². The average Bonchev–Trinajstić information content (AvgIpc) is 3.37. The number of nitrogens with zero attached hydrogens (tertiary/aromatic N) is 2. The molecule has 3 heterocycles. The standard InChI is InChI=1S/C28H40N5O11P/c1-7-39-23(34)16(2)32-45(37,43-18-10-8-17(9-11-18)14-19(29)24(35)38-6)40-15-20-22-28(5,44-27(3,4)42-22)25(41-20)33-13-12-21(30)31-26(33)36/h8-13,16,19-20,22,25H,7,14-15,29H2,1-6H3,(H,32,37)(H2,30,31,36)/t16-,19-,20+,22+,25+,28+,45?/m0/s1. The zero-order chi connectivity index (χ0) is 33.2. The maximum absolute atomic E-state index is 14.1. The number of hydrogen-bond acceptors (Lipinski definition) is 14. The van der Waals surface area contributed by atoms with E-state index in [2.05, 4.69) is 14.8 Å². The maximum atomic E-state index is 14.1. The first-order valence-corrected chi connectivity index (χ1v) is 15.8. The molecule has 16 nitrogen and oxygen atoms in total. The van der Waals surface area contributed by atoms with Gasteiger partial charge < -0.3 is 39.7 Å². The number of benzene rings is 1. The molecule has 17 heteroatoms. The lowest BCUT2D eigenvalue weighted by molar-refractivity contribution is -0.217. The van der Waals surface area contributed by atoms with Gasteiger partial charge in [-0.25, -0.2) is 9.36 Å². The maximum Gasteiger partial charge on any atom is 0.459 e. The fraction of sp³-hybridized carbons (Fsp3) is 0.571. The van der Waals surface area contributed by atoms with Crippen molar-refractivity contribution in [1.82, 2.24) is 14.6 Å². The third kappa shape index (κ3) is 7.90. The minimum Gasteiger partial charge on any atom is -0.468 e. The minimum absolute atomic E-state index is 0.0407. The molecule has 2 aromatic rings.